The lowest BCUT2D eigenvalue weighted by Crippen LogP contribution is -2.50. The maximum atomic E-state index is 6.48. The quantitative estimate of drug-likeness (QED) is 0.484. The molecule has 0 radical (unpaired) electrons. The highest BCUT2D eigenvalue weighted by Crippen LogP contribution is 2.34. The Morgan fingerprint density at radius 3 is 1.97 bits per heavy atom. The Morgan fingerprint density at radius 2 is 1.44 bits per heavy atom. The molecule has 0 saturated heterocycles. The van der Waals surface area contributed by atoms with Crippen molar-refractivity contribution in [2.45, 2.75) is 39.8 Å². The molecule has 0 fully saturated rings. The van der Waals surface area contributed by atoms with E-state index >= 15 is 0 Å². The van der Waals surface area contributed by atoms with Crippen molar-refractivity contribution < 1.29 is 0 Å². The molecule has 0 spiro atoms. The van der Waals surface area contributed by atoms with Crippen LogP contribution >= 0.6 is 45.9 Å². The third kappa shape index (κ3) is 4.83. The number of aliphatic imine (C=N–C) groups is 2. The first-order chi connectivity index (χ1) is 15.2. The molecular weight excluding hydrogens is 483 g/mol. The lowest BCUT2D eigenvalue weighted by atomic mass is 10.1. The molecule has 0 amide bonds. The zero-order chi connectivity index (χ0) is 23.0. The predicted molar refractivity (Wildman–Crippen MR) is 138 cm³/mol. The van der Waals surface area contributed by atoms with Gasteiger partial charge in [-0.2, -0.15) is 0 Å². The number of halogens is 2. The lowest BCUT2D eigenvalue weighted by Gasteiger charge is -2.30. The van der Waals surface area contributed by atoms with Crippen molar-refractivity contribution in [2.24, 2.45) is 9.98 Å². The number of nitrogens with zero attached hydrogens (tertiary/aromatic N) is 3. The van der Waals surface area contributed by atoms with Gasteiger partial charge in [0.15, 0.2) is 5.96 Å². The summed E-state index contributed by atoms with van der Waals surface area (Å²) in [4.78, 5) is 15.9. The Labute approximate surface area is 206 Å². The average Bonchev–Trinajstić information content (AvgIpc) is 3.26. The van der Waals surface area contributed by atoms with Crippen LogP contribution in [-0.4, -0.2) is 30.5 Å². The van der Waals surface area contributed by atoms with Crippen LogP contribution in [0.1, 0.15) is 42.7 Å². The van der Waals surface area contributed by atoms with Gasteiger partial charge in [0.25, 0.3) is 0 Å². The minimum absolute atomic E-state index is 0.0994. The van der Waals surface area contributed by atoms with E-state index in [-0.39, 0.29) is 12.1 Å². The molecule has 6 nitrogen and oxygen atoms in total. The van der Waals surface area contributed by atoms with Gasteiger partial charge in [-0.05, 0) is 51.0 Å². The fraction of sp³-hybridized carbons (Fsp3) is 0.364. The van der Waals surface area contributed by atoms with Gasteiger partial charge in [0.05, 0.1) is 28.8 Å². The highest BCUT2D eigenvalue weighted by atomic mass is 35.5. The molecule has 3 N–H and O–H groups in total. The predicted octanol–water partition coefficient (Wildman–Crippen LogP) is 5.38. The van der Waals surface area contributed by atoms with E-state index in [9.17, 15) is 0 Å². The Morgan fingerprint density at radius 1 is 0.906 bits per heavy atom. The topological polar surface area (TPSA) is 64.0 Å². The second kappa shape index (κ2) is 9.47. The fourth-order valence-electron chi connectivity index (χ4n) is 3.78. The maximum absolute atomic E-state index is 6.48. The Balaban J connectivity index is 1.41. The van der Waals surface area contributed by atoms with Gasteiger partial charge in [0.2, 0.25) is 5.96 Å². The molecule has 0 bridgehead atoms. The first-order valence-corrected chi connectivity index (χ1v) is 12.6. The highest BCUT2D eigenvalue weighted by molar-refractivity contribution is 7.12. The van der Waals surface area contributed by atoms with Gasteiger partial charge < -0.3 is 20.9 Å². The number of rotatable bonds is 4. The summed E-state index contributed by atoms with van der Waals surface area (Å²) in [6.07, 6.45) is 3.42. The molecule has 2 aliphatic rings. The van der Waals surface area contributed by atoms with Gasteiger partial charge in [0, 0.05) is 39.0 Å². The van der Waals surface area contributed by atoms with E-state index in [2.05, 4.69) is 65.8 Å². The van der Waals surface area contributed by atoms with Crippen LogP contribution in [0.5, 0.6) is 0 Å². The zero-order valence-electron chi connectivity index (χ0n) is 18.6. The molecule has 10 heteroatoms. The van der Waals surface area contributed by atoms with Gasteiger partial charge in [-0.25, -0.2) is 9.98 Å². The molecule has 0 saturated carbocycles. The van der Waals surface area contributed by atoms with Crippen LogP contribution in [0.2, 0.25) is 0 Å². The van der Waals surface area contributed by atoms with Crippen molar-refractivity contribution in [3.8, 4) is 0 Å². The summed E-state index contributed by atoms with van der Waals surface area (Å²) in [6, 6.07) is 4.15. The van der Waals surface area contributed by atoms with Crippen LogP contribution in [0, 0.1) is 27.7 Å². The maximum Gasteiger partial charge on any atom is 0.200 e. The summed E-state index contributed by atoms with van der Waals surface area (Å²) in [5.74, 6) is 1.40. The summed E-state index contributed by atoms with van der Waals surface area (Å²) in [6.45, 7) is 8.95. The molecule has 4 rings (SSSR count). The standard InChI is InChI=1S/C22H26Cl2N6S2/c1-11-6-15(13(3)31-11)19-17(23)8-25-21(28-19)27-10-30(5)22-26-9-18(24)20(29-22)16-7-12(2)32-14(16)4/h6-9,19-20H,10H2,1-5H3,(H,26,29)(H2,25,27,28). The van der Waals surface area contributed by atoms with E-state index in [0.717, 1.165) is 5.96 Å². The molecule has 0 aliphatic carbocycles. The molecule has 170 valence electrons. The number of guanidine groups is 2. The summed E-state index contributed by atoms with van der Waals surface area (Å²) < 4.78 is 0. The molecule has 32 heavy (non-hydrogen) atoms. The Bertz CT molecular complexity index is 1140. The van der Waals surface area contributed by atoms with Crippen molar-refractivity contribution >= 4 is 57.8 Å². The van der Waals surface area contributed by atoms with Crippen molar-refractivity contribution in [1.82, 2.24) is 20.9 Å². The second-order valence-electron chi connectivity index (χ2n) is 7.88. The SMILES string of the molecule is Cc1cc(C2NC(NCN(C)C3=NC=C(Cl)C(c4cc(C)sc4C)N3)=NC=C2Cl)c(C)s1. The lowest BCUT2D eigenvalue weighted by molar-refractivity contribution is 0.457. The summed E-state index contributed by atoms with van der Waals surface area (Å²) in [5.41, 5.74) is 2.36. The first-order valence-electron chi connectivity index (χ1n) is 10.2. The van der Waals surface area contributed by atoms with Crippen LogP contribution in [0.4, 0.5) is 0 Å². The van der Waals surface area contributed by atoms with Crippen molar-refractivity contribution in [3.05, 3.63) is 65.2 Å². The average molecular weight is 510 g/mol. The normalized spacial score (nSPS) is 20.5. The molecule has 2 aromatic heterocycles. The number of aryl methyl sites for hydroxylation is 4. The van der Waals surface area contributed by atoms with Gasteiger partial charge in [-0.1, -0.05) is 23.2 Å². The number of thiophene rings is 2. The van der Waals surface area contributed by atoms with Crippen LogP contribution in [-0.2, 0) is 0 Å². The van der Waals surface area contributed by atoms with Crippen molar-refractivity contribution in [3.63, 3.8) is 0 Å². The minimum atomic E-state index is -0.104. The second-order valence-corrected chi connectivity index (χ2v) is 11.7. The van der Waals surface area contributed by atoms with E-state index in [1.54, 1.807) is 35.1 Å². The van der Waals surface area contributed by atoms with Gasteiger partial charge >= 0.3 is 0 Å². The van der Waals surface area contributed by atoms with Crippen LogP contribution in [0.15, 0.2) is 44.6 Å². The summed E-state index contributed by atoms with van der Waals surface area (Å²) >= 11 is 16.5. The summed E-state index contributed by atoms with van der Waals surface area (Å²) in [5, 5.41) is 11.6. The van der Waals surface area contributed by atoms with E-state index in [4.69, 9.17) is 23.2 Å². The number of hydrogen-bond donors (Lipinski definition) is 3. The third-order valence-electron chi connectivity index (χ3n) is 5.36. The summed E-state index contributed by atoms with van der Waals surface area (Å²) in [7, 11) is 1.96. The molecule has 4 heterocycles. The number of hydrogen-bond acceptors (Lipinski definition) is 8. The van der Waals surface area contributed by atoms with E-state index in [1.165, 1.54) is 30.6 Å². The molecule has 2 aliphatic heterocycles. The molecule has 2 unspecified atom stereocenters. The largest absolute Gasteiger partial charge is 0.344 e. The smallest absolute Gasteiger partial charge is 0.200 e. The molecular formula is C22H26Cl2N6S2. The molecule has 2 aromatic rings. The van der Waals surface area contributed by atoms with Crippen LogP contribution in [0.3, 0.4) is 0 Å². The van der Waals surface area contributed by atoms with E-state index in [0.29, 0.717) is 22.7 Å². The van der Waals surface area contributed by atoms with Crippen molar-refractivity contribution in [2.75, 3.05) is 13.7 Å². The Kier molecular flexibility index (Phi) is 6.86. The Hall–Kier alpha value is -2.00. The number of nitrogens with one attached hydrogen (secondary N) is 3. The highest BCUT2D eigenvalue weighted by Gasteiger charge is 2.26. The first kappa shape index (κ1) is 23.2. The molecule has 2 atom stereocenters. The van der Waals surface area contributed by atoms with Crippen LogP contribution < -0.4 is 16.0 Å². The third-order valence-corrected chi connectivity index (χ3v) is 7.95. The zero-order valence-corrected chi connectivity index (χ0v) is 21.7. The van der Waals surface area contributed by atoms with Gasteiger partial charge in [0.1, 0.15) is 0 Å². The van der Waals surface area contributed by atoms with E-state index in [1.807, 2.05) is 11.9 Å². The molecule has 0 aromatic carbocycles. The van der Waals surface area contributed by atoms with E-state index < -0.39 is 0 Å². The minimum Gasteiger partial charge on any atom is -0.344 e. The van der Waals surface area contributed by atoms with Gasteiger partial charge in [-0.15, -0.1) is 22.7 Å². The van der Waals surface area contributed by atoms with Gasteiger partial charge in [-0.3, -0.25) is 0 Å². The van der Waals surface area contributed by atoms with Crippen LogP contribution in [0.25, 0.3) is 0 Å². The monoisotopic (exact) mass is 508 g/mol. The fourth-order valence-corrected chi connectivity index (χ4v) is 6.15. The van der Waals surface area contributed by atoms with Crippen molar-refractivity contribution in [1.29, 1.82) is 0 Å².